The summed E-state index contributed by atoms with van der Waals surface area (Å²) >= 11 is 6.29. The topological polar surface area (TPSA) is 29.3 Å². The summed E-state index contributed by atoms with van der Waals surface area (Å²) in [7, 11) is 0. The lowest BCUT2D eigenvalue weighted by molar-refractivity contribution is 0.0424. The Hall–Kier alpha value is -0.570. The highest BCUT2D eigenvalue weighted by atomic mass is 35.5. The van der Waals surface area contributed by atoms with Crippen LogP contribution in [0.2, 0.25) is 5.02 Å². The molecule has 1 aliphatic heterocycles. The van der Waals surface area contributed by atoms with Gasteiger partial charge in [-0.05, 0) is 49.3 Å². The molecule has 112 valence electrons. The lowest BCUT2D eigenvalue weighted by Crippen LogP contribution is -2.49. The number of rotatable bonds is 3. The molecule has 0 bridgehead atoms. The van der Waals surface area contributed by atoms with Crippen molar-refractivity contribution in [3.05, 3.63) is 34.3 Å². The highest BCUT2D eigenvalue weighted by Gasteiger charge is 2.33. The first kappa shape index (κ1) is 15.8. The molecule has 0 saturated carbocycles. The third-order valence-electron chi connectivity index (χ3n) is 4.85. The second-order valence-electron chi connectivity index (χ2n) is 6.52. The van der Waals surface area contributed by atoms with Crippen molar-refractivity contribution < 1.29 is 0 Å². The quantitative estimate of drug-likeness (QED) is 0.912. The minimum atomic E-state index is 0.272. The van der Waals surface area contributed by atoms with E-state index in [9.17, 15) is 0 Å². The maximum absolute atomic E-state index is 6.29. The van der Waals surface area contributed by atoms with Gasteiger partial charge in [0, 0.05) is 30.2 Å². The van der Waals surface area contributed by atoms with E-state index in [1.54, 1.807) is 0 Å². The number of piperidine rings is 1. The van der Waals surface area contributed by atoms with E-state index in [1.807, 2.05) is 6.92 Å². The van der Waals surface area contributed by atoms with Crippen molar-refractivity contribution in [1.29, 1.82) is 0 Å². The van der Waals surface area contributed by atoms with Crippen LogP contribution < -0.4 is 5.73 Å². The number of halogens is 1. The molecule has 2 rings (SSSR count). The summed E-state index contributed by atoms with van der Waals surface area (Å²) in [4.78, 5) is 2.57. The predicted molar refractivity (Wildman–Crippen MR) is 87.1 cm³/mol. The highest BCUT2D eigenvalue weighted by Crippen LogP contribution is 2.34. The molecule has 20 heavy (non-hydrogen) atoms. The fraction of sp³-hybridized carbons (Fsp3) is 0.647. The van der Waals surface area contributed by atoms with Crippen LogP contribution in [0.25, 0.3) is 0 Å². The molecule has 0 aromatic heterocycles. The Labute approximate surface area is 128 Å². The molecule has 0 radical (unpaired) electrons. The number of hydrogen-bond donors (Lipinski definition) is 1. The Morgan fingerprint density at radius 2 is 2.05 bits per heavy atom. The first-order valence-electron chi connectivity index (χ1n) is 7.65. The van der Waals surface area contributed by atoms with E-state index in [0.717, 1.165) is 23.0 Å². The number of aryl methyl sites for hydroxylation is 1. The lowest BCUT2D eigenvalue weighted by atomic mass is 9.84. The second kappa shape index (κ2) is 6.46. The van der Waals surface area contributed by atoms with Crippen LogP contribution in [0.15, 0.2) is 18.2 Å². The van der Waals surface area contributed by atoms with Gasteiger partial charge in [-0.25, -0.2) is 0 Å². The molecule has 4 atom stereocenters. The molecule has 1 heterocycles. The number of nitrogens with two attached hydrogens (primary N) is 1. The molecule has 1 aromatic rings. The molecule has 0 amide bonds. The second-order valence-corrected chi connectivity index (χ2v) is 6.92. The Morgan fingerprint density at radius 1 is 1.35 bits per heavy atom. The van der Waals surface area contributed by atoms with Gasteiger partial charge >= 0.3 is 0 Å². The lowest BCUT2D eigenvalue weighted by Gasteiger charge is -2.45. The molecular weight excluding hydrogens is 268 g/mol. The molecule has 2 nitrogen and oxygen atoms in total. The SMILES string of the molecule is Cc1ccc(C(CN)N2CC(C)CC(C)C2C)cc1Cl. The highest BCUT2D eigenvalue weighted by molar-refractivity contribution is 6.31. The van der Waals surface area contributed by atoms with Gasteiger partial charge < -0.3 is 5.73 Å². The Morgan fingerprint density at radius 3 is 2.65 bits per heavy atom. The fourth-order valence-corrected chi connectivity index (χ4v) is 3.64. The van der Waals surface area contributed by atoms with Gasteiger partial charge in [-0.1, -0.05) is 37.6 Å². The minimum Gasteiger partial charge on any atom is -0.329 e. The summed E-state index contributed by atoms with van der Waals surface area (Å²) in [5, 5.41) is 0.840. The molecule has 3 heteroatoms. The number of likely N-dealkylation sites (tertiary alicyclic amines) is 1. The Bertz CT molecular complexity index is 460. The van der Waals surface area contributed by atoms with Gasteiger partial charge in [0.15, 0.2) is 0 Å². The van der Waals surface area contributed by atoms with Gasteiger partial charge in [0.2, 0.25) is 0 Å². The molecule has 0 aliphatic carbocycles. The van der Waals surface area contributed by atoms with Gasteiger partial charge in [-0.2, -0.15) is 0 Å². The van der Waals surface area contributed by atoms with Crippen molar-refractivity contribution in [3.8, 4) is 0 Å². The maximum atomic E-state index is 6.29. The normalized spacial score (nSPS) is 29.4. The average Bonchev–Trinajstić information content (AvgIpc) is 2.40. The smallest absolute Gasteiger partial charge is 0.0474 e. The summed E-state index contributed by atoms with van der Waals surface area (Å²) in [6.07, 6.45) is 1.31. The van der Waals surface area contributed by atoms with E-state index in [0.29, 0.717) is 18.5 Å². The van der Waals surface area contributed by atoms with Crippen LogP contribution in [-0.2, 0) is 0 Å². The summed E-state index contributed by atoms with van der Waals surface area (Å²) in [5.74, 6) is 1.45. The standard InChI is InChI=1S/C17H27ClN2/c1-11-7-13(3)14(4)20(10-11)17(9-19)15-6-5-12(2)16(18)8-15/h5-6,8,11,13-14,17H,7,9-10,19H2,1-4H3. The van der Waals surface area contributed by atoms with Crippen molar-refractivity contribution in [3.63, 3.8) is 0 Å². The van der Waals surface area contributed by atoms with E-state index >= 15 is 0 Å². The molecule has 2 N–H and O–H groups in total. The number of hydrogen-bond acceptors (Lipinski definition) is 2. The summed E-state index contributed by atoms with van der Waals surface area (Å²) in [6, 6.07) is 7.20. The van der Waals surface area contributed by atoms with Crippen molar-refractivity contribution in [2.24, 2.45) is 17.6 Å². The van der Waals surface area contributed by atoms with Gasteiger partial charge in [0.1, 0.15) is 0 Å². The largest absolute Gasteiger partial charge is 0.329 e. The zero-order valence-corrected chi connectivity index (χ0v) is 13.8. The van der Waals surface area contributed by atoms with Crippen LogP contribution in [0.3, 0.4) is 0 Å². The summed E-state index contributed by atoms with van der Waals surface area (Å²) in [5.41, 5.74) is 8.46. The van der Waals surface area contributed by atoms with E-state index in [1.165, 1.54) is 12.0 Å². The molecule has 4 unspecified atom stereocenters. The zero-order chi connectivity index (χ0) is 14.9. The van der Waals surface area contributed by atoms with Crippen molar-refractivity contribution >= 4 is 11.6 Å². The molecule has 1 aromatic carbocycles. The predicted octanol–water partition coefficient (Wildman–Crippen LogP) is 4.01. The molecule has 1 fully saturated rings. The van der Waals surface area contributed by atoms with Crippen molar-refractivity contribution in [2.75, 3.05) is 13.1 Å². The third kappa shape index (κ3) is 3.19. The van der Waals surface area contributed by atoms with Crippen LogP contribution in [0.1, 0.15) is 44.4 Å². The summed E-state index contributed by atoms with van der Waals surface area (Å²) in [6.45, 7) is 10.8. The van der Waals surface area contributed by atoms with Crippen molar-refractivity contribution in [2.45, 2.75) is 46.2 Å². The maximum Gasteiger partial charge on any atom is 0.0474 e. The van der Waals surface area contributed by atoms with Crippen LogP contribution in [0, 0.1) is 18.8 Å². The van der Waals surface area contributed by atoms with E-state index in [2.05, 4.69) is 43.9 Å². The van der Waals surface area contributed by atoms with Crippen LogP contribution >= 0.6 is 11.6 Å². The first-order valence-corrected chi connectivity index (χ1v) is 8.03. The van der Waals surface area contributed by atoms with Gasteiger partial charge in [-0.3, -0.25) is 4.90 Å². The molecule has 0 spiro atoms. The minimum absolute atomic E-state index is 0.272. The first-order chi connectivity index (χ1) is 9.43. The van der Waals surface area contributed by atoms with Crippen molar-refractivity contribution in [1.82, 2.24) is 4.90 Å². The fourth-order valence-electron chi connectivity index (χ4n) is 3.45. The molecular formula is C17H27ClN2. The molecule has 1 aliphatic rings. The average molecular weight is 295 g/mol. The van der Waals surface area contributed by atoms with Crippen LogP contribution in [-0.4, -0.2) is 24.0 Å². The number of nitrogens with zero attached hydrogens (tertiary/aromatic N) is 1. The van der Waals surface area contributed by atoms with Gasteiger partial charge in [-0.15, -0.1) is 0 Å². The van der Waals surface area contributed by atoms with Gasteiger partial charge in [0.25, 0.3) is 0 Å². The zero-order valence-electron chi connectivity index (χ0n) is 13.1. The Kier molecular flexibility index (Phi) is 5.11. The van der Waals surface area contributed by atoms with Crippen LogP contribution in [0.4, 0.5) is 0 Å². The van der Waals surface area contributed by atoms with E-state index < -0.39 is 0 Å². The van der Waals surface area contributed by atoms with Gasteiger partial charge in [0.05, 0.1) is 0 Å². The monoisotopic (exact) mass is 294 g/mol. The number of benzene rings is 1. The summed E-state index contributed by atoms with van der Waals surface area (Å²) < 4.78 is 0. The third-order valence-corrected chi connectivity index (χ3v) is 5.25. The van der Waals surface area contributed by atoms with Crippen LogP contribution in [0.5, 0.6) is 0 Å². The van der Waals surface area contributed by atoms with E-state index in [4.69, 9.17) is 17.3 Å². The molecule has 1 saturated heterocycles. The van der Waals surface area contributed by atoms with E-state index in [-0.39, 0.29) is 6.04 Å². The Balaban J connectivity index is 2.28.